The Morgan fingerprint density at radius 1 is 1.03 bits per heavy atom. The highest BCUT2D eigenvalue weighted by Gasteiger charge is 2.34. The first-order chi connectivity index (χ1) is 16.5. The Labute approximate surface area is 199 Å². The average molecular weight is 482 g/mol. The van der Waals surface area contributed by atoms with Crippen LogP contribution in [0.25, 0.3) is 5.70 Å². The molecule has 2 amide bonds. The van der Waals surface area contributed by atoms with Crippen LogP contribution in [-0.2, 0) is 0 Å². The van der Waals surface area contributed by atoms with Crippen molar-refractivity contribution >= 4 is 34.7 Å². The molecule has 0 unspecified atom stereocenters. The lowest BCUT2D eigenvalue weighted by atomic mass is 10.1. The molecule has 0 spiro atoms. The van der Waals surface area contributed by atoms with E-state index in [9.17, 15) is 22.8 Å². The van der Waals surface area contributed by atoms with Gasteiger partial charge >= 0.3 is 6.18 Å². The quantitative estimate of drug-likeness (QED) is 0.515. The van der Waals surface area contributed by atoms with Gasteiger partial charge in [-0.2, -0.15) is 13.2 Å². The minimum Gasteiger partial charge on any atom is -0.398 e. The highest BCUT2D eigenvalue weighted by atomic mass is 19.4. The van der Waals surface area contributed by atoms with Crippen LogP contribution < -0.4 is 11.1 Å². The maximum Gasteiger partial charge on any atom is 0.433 e. The summed E-state index contributed by atoms with van der Waals surface area (Å²) in [4.78, 5) is 37.4. The van der Waals surface area contributed by atoms with Gasteiger partial charge in [0.05, 0.1) is 11.9 Å². The van der Waals surface area contributed by atoms with E-state index in [1.807, 2.05) is 0 Å². The number of rotatable bonds is 6. The van der Waals surface area contributed by atoms with Crippen LogP contribution in [0.1, 0.15) is 26.3 Å². The number of benzene rings is 1. The van der Waals surface area contributed by atoms with Gasteiger partial charge in [-0.1, -0.05) is 6.07 Å². The third-order valence-electron chi connectivity index (χ3n) is 4.59. The van der Waals surface area contributed by atoms with E-state index in [0.29, 0.717) is 17.2 Å². The molecule has 11 heteroatoms. The number of carbonyl (C=O) groups excluding carboxylic acids is 2. The summed E-state index contributed by atoms with van der Waals surface area (Å²) in [5.41, 5.74) is 5.18. The number of nitrogens with zero attached hydrogens (tertiary/aromatic N) is 4. The molecule has 8 nitrogen and oxygen atoms in total. The maximum atomic E-state index is 13.5. The second-order valence-corrected chi connectivity index (χ2v) is 7.47. The Hall–Kier alpha value is -4.54. The fourth-order valence-electron chi connectivity index (χ4n) is 2.85. The van der Waals surface area contributed by atoms with Gasteiger partial charge in [0, 0.05) is 48.9 Å². The van der Waals surface area contributed by atoms with Crippen molar-refractivity contribution in [3.63, 3.8) is 0 Å². The van der Waals surface area contributed by atoms with Gasteiger partial charge in [0.25, 0.3) is 11.8 Å². The zero-order valence-corrected chi connectivity index (χ0v) is 18.7. The van der Waals surface area contributed by atoms with Crippen molar-refractivity contribution in [2.45, 2.75) is 6.18 Å². The number of hydrogen-bond donors (Lipinski definition) is 2. The molecule has 0 atom stereocenters. The summed E-state index contributed by atoms with van der Waals surface area (Å²) in [6, 6.07) is 11.8. The number of halogens is 3. The van der Waals surface area contributed by atoms with Gasteiger partial charge < -0.3 is 16.0 Å². The van der Waals surface area contributed by atoms with E-state index in [1.54, 1.807) is 32.3 Å². The van der Waals surface area contributed by atoms with E-state index < -0.39 is 17.8 Å². The molecule has 0 bridgehead atoms. The van der Waals surface area contributed by atoms with E-state index in [-0.39, 0.29) is 28.7 Å². The van der Waals surface area contributed by atoms with Crippen molar-refractivity contribution in [3.05, 3.63) is 89.9 Å². The van der Waals surface area contributed by atoms with Crippen molar-refractivity contribution < 1.29 is 22.8 Å². The lowest BCUT2D eigenvalue weighted by molar-refractivity contribution is -0.0576. The first-order valence-corrected chi connectivity index (χ1v) is 10.2. The van der Waals surface area contributed by atoms with Gasteiger partial charge in [-0.3, -0.25) is 14.6 Å². The number of allylic oxidation sites excluding steroid dienone is 1. The van der Waals surface area contributed by atoms with Gasteiger partial charge in [-0.05, 0) is 48.5 Å². The minimum atomic E-state index is -4.77. The lowest BCUT2D eigenvalue weighted by Crippen LogP contribution is -2.22. The van der Waals surface area contributed by atoms with Crippen LogP contribution in [0, 0.1) is 0 Å². The van der Waals surface area contributed by atoms with Crippen LogP contribution in [0.2, 0.25) is 0 Å². The molecule has 1 aromatic carbocycles. The largest absolute Gasteiger partial charge is 0.433 e. The Kier molecular flexibility index (Phi) is 7.59. The van der Waals surface area contributed by atoms with E-state index in [4.69, 9.17) is 5.73 Å². The number of nitrogens with one attached hydrogen (secondary N) is 1. The number of pyridine rings is 2. The molecule has 3 rings (SSSR count). The molecule has 0 aliphatic rings. The van der Waals surface area contributed by atoms with E-state index in [2.05, 4.69) is 20.3 Å². The zero-order valence-electron chi connectivity index (χ0n) is 18.7. The lowest BCUT2D eigenvalue weighted by Gasteiger charge is -2.11. The number of hydrogen-bond acceptors (Lipinski definition) is 6. The van der Waals surface area contributed by atoms with Crippen LogP contribution in [0.15, 0.2) is 78.2 Å². The molecular weight excluding hydrogens is 461 g/mol. The van der Waals surface area contributed by atoms with E-state index in [1.165, 1.54) is 47.6 Å². The zero-order chi connectivity index (χ0) is 25.6. The molecule has 2 heterocycles. The monoisotopic (exact) mass is 482 g/mol. The van der Waals surface area contributed by atoms with Crippen molar-refractivity contribution in [1.82, 2.24) is 14.9 Å². The summed E-state index contributed by atoms with van der Waals surface area (Å²) in [5.74, 6) is -0.707. The summed E-state index contributed by atoms with van der Waals surface area (Å²) in [6.07, 6.45) is -0.155. The predicted octanol–water partition coefficient (Wildman–Crippen LogP) is 4.07. The number of aromatic nitrogens is 2. The summed E-state index contributed by atoms with van der Waals surface area (Å²) in [7, 11) is 3.19. The second kappa shape index (κ2) is 10.6. The molecule has 2 aromatic heterocycles. The number of nitrogens with two attached hydrogens (primary N) is 1. The molecule has 35 heavy (non-hydrogen) atoms. The molecule has 180 valence electrons. The Morgan fingerprint density at radius 3 is 2.34 bits per heavy atom. The van der Waals surface area contributed by atoms with Crippen LogP contribution in [-0.4, -0.2) is 52.7 Å². The van der Waals surface area contributed by atoms with E-state index >= 15 is 0 Å². The highest BCUT2D eigenvalue weighted by Crippen LogP contribution is 2.24. The molecule has 3 aromatic rings. The number of aliphatic imine (C=N–C) groups is 1. The van der Waals surface area contributed by atoms with Gasteiger partial charge in [0.1, 0.15) is 11.5 Å². The van der Waals surface area contributed by atoms with Gasteiger partial charge in [0.15, 0.2) is 0 Å². The summed E-state index contributed by atoms with van der Waals surface area (Å²) < 4.78 is 40.5. The predicted molar refractivity (Wildman–Crippen MR) is 126 cm³/mol. The first kappa shape index (κ1) is 25.1. The maximum absolute atomic E-state index is 13.5. The van der Waals surface area contributed by atoms with Crippen molar-refractivity contribution in [2.24, 2.45) is 10.7 Å². The molecule has 0 saturated carbocycles. The van der Waals surface area contributed by atoms with Gasteiger partial charge in [-0.15, -0.1) is 0 Å². The Balaban J connectivity index is 1.79. The highest BCUT2D eigenvalue weighted by molar-refractivity contribution is 6.06. The summed E-state index contributed by atoms with van der Waals surface area (Å²) >= 11 is 0. The summed E-state index contributed by atoms with van der Waals surface area (Å²) in [6.45, 7) is 0. The molecule has 0 saturated heterocycles. The Bertz CT molecular complexity index is 1270. The van der Waals surface area contributed by atoms with Crippen LogP contribution in [0.3, 0.4) is 0 Å². The van der Waals surface area contributed by atoms with Crippen LogP contribution in [0.4, 0.5) is 24.7 Å². The SMILES string of the molecule is CN(C)C(=O)c1cccc(C(=O)Nc2ccc(N=C(C=C(N)c3cccnc3)C(F)(F)F)cn2)c1. The minimum absolute atomic E-state index is 0.0934. The molecule has 3 N–H and O–H groups in total. The van der Waals surface area contributed by atoms with Crippen molar-refractivity contribution in [1.29, 1.82) is 0 Å². The number of amides is 2. The molecule has 0 fully saturated rings. The first-order valence-electron chi connectivity index (χ1n) is 10.2. The fourth-order valence-corrected chi connectivity index (χ4v) is 2.85. The topological polar surface area (TPSA) is 114 Å². The number of alkyl halides is 3. The second-order valence-electron chi connectivity index (χ2n) is 7.47. The smallest absolute Gasteiger partial charge is 0.398 e. The molecule has 0 aliphatic heterocycles. The fraction of sp³-hybridized carbons (Fsp3) is 0.125. The number of carbonyl (C=O) groups is 2. The average Bonchev–Trinajstić information content (AvgIpc) is 2.84. The third kappa shape index (κ3) is 6.73. The van der Waals surface area contributed by atoms with Gasteiger partial charge in [-0.25, -0.2) is 9.98 Å². The van der Waals surface area contributed by atoms with E-state index in [0.717, 1.165) is 6.20 Å². The standard InChI is InChI=1S/C24H21F3N6O2/c1-33(2)23(35)16-6-3-5-15(11-16)22(34)32-21-9-8-18(14-30-21)31-20(24(25,26)27)12-19(28)17-7-4-10-29-13-17/h3-14H,28H2,1-2H3,(H,30,32,34). The molecular formula is C24H21F3N6O2. The molecule has 0 aliphatic carbocycles. The summed E-state index contributed by atoms with van der Waals surface area (Å²) in [5, 5.41) is 2.53. The van der Waals surface area contributed by atoms with Gasteiger partial charge in [0.2, 0.25) is 0 Å². The van der Waals surface area contributed by atoms with Crippen LogP contribution in [0.5, 0.6) is 0 Å². The van der Waals surface area contributed by atoms with Crippen molar-refractivity contribution in [2.75, 3.05) is 19.4 Å². The third-order valence-corrected chi connectivity index (χ3v) is 4.59. The van der Waals surface area contributed by atoms with Crippen molar-refractivity contribution in [3.8, 4) is 0 Å². The Morgan fingerprint density at radius 2 is 1.74 bits per heavy atom. The normalized spacial score (nSPS) is 12.3. The molecule has 0 radical (unpaired) electrons. The number of anilines is 1. The van der Waals surface area contributed by atoms with Crippen LogP contribution >= 0.6 is 0 Å².